The Morgan fingerprint density at radius 3 is 2.57 bits per heavy atom. The average Bonchev–Trinajstić information content (AvgIpc) is 3.57. The molecule has 1 saturated heterocycles. The molecule has 2 aromatic carbocycles. The molecule has 0 N–H and O–H groups in total. The van der Waals surface area contributed by atoms with Crippen LogP contribution in [-0.2, 0) is 7.05 Å². The number of ether oxygens (including phenoxy) is 2. The van der Waals surface area contributed by atoms with Gasteiger partial charge in [0.1, 0.15) is 11.5 Å². The Morgan fingerprint density at radius 2 is 1.86 bits per heavy atom. The number of nitriles is 1. The molecule has 3 heterocycles. The highest BCUT2D eigenvalue weighted by Gasteiger charge is 2.25. The van der Waals surface area contributed by atoms with E-state index in [4.69, 9.17) is 14.5 Å². The summed E-state index contributed by atoms with van der Waals surface area (Å²) in [5.41, 5.74) is 5.55. The van der Waals surface area contributed by atoms with Gasteiger partial charge in [-0.1, -0.05) is 0 Å². The van der Waals surface area contributed by atoms with E-state index in [1.165, 1.54) is 0 Å². The first-order chi connectivity index (χ1) is 18.1. The number of nitrogens with zero attached hydrogens (tertiary/aromatic N) is 6. The Morgan fingerprint density at radius 1 is 1.05 bits per heavy atom. The van der Waals surface area contributed by atoms with Crippen molar-refractivity contribution in [2.75, 3.05) is 38.8 Å². The summed E-state index contributed by atoms with van der Waals surface area (Å²) in [5.74, 6) is 1.46. The van der Waals surface area contributed by atoms with Crippen molar-refractivity contribution in [3.63, 3.8) is 0 Å². The molecule has 0 radical (unpaired) electrons. The molecule has 1 aliphatic heterocycles. The van der Waals surface area contributed by atoms with Crippen molar-refractivity contribution in [2.45, 2.75) is 25.3 Å². The molecule has 5 rings (SSSR count). The molecule has 1 atom stereocenters. The fourth-order valence-electron chi connectivity index (χ4n) is 5.07. The molecule has 4 aromatic rings. The van der Waals surface area contributed by atoms with Gasteiger partial charge >= 0.3 is 0 Å². The van der Waals surface area contributed by atoms with Crippen LogP contribution in [0.4, 0.5) is 11.4 Å². The van der Waals surface area contributed by atoms with Gasteiger partial charge in [0.25, 0.3) is 0 Å². The van der Waals surface area contributed by atoms with Gasteiger partial charge in [-0.2, -0.15) is 5.26 Å². The van der Waals surface area contributed by atoms with Crippen LogP contribution in [0.1, 0.15) is 19.3 Å². The van der Waals surface area contributed by atoms with Crippen LogP contribution < -0.4 is 14.4 Å². The number of rotatable bonds is 9. The number of fused-ring (bicyclic) bond motifs is 1. The van der Waals surface area contributed by atoms with Gasteiger partial charge in [-0.05, 0) is 43.7 Å². The summed E-state index contributed by atoms with van der Waals surface area (Å²) in [6.45, 7) is 2.61. The van der Waals surface area contributed by atoms with Crippen LogP contribution in [0.15, 0.2) is 61.1 Å². The maximum absolute atomic E-state index is 9.27. The van der Waals surface area contributed by atoms with E-state index >= 15 is 0 Å². The van der Waals surface area contributed by atoms with E-state index in [0.717, 1.165) is 77.6 Å². The van der Waals surface area contributed by atoms with Gasteiger partial charge in [-0.15, -0.1) is 0 Å². The van der Waals surface area contributed by atoms with Gasteiger partial charge in [-0.3, -0.25) is 9.88 Å². The number of aromatic nitrogens is 3. The molecule has 1 fully saturated rings. The average molecular weight is 497 g/mol. The highest BCUT2D eigenvalue weighted by molar-refractivity contribution is 5.82. The number of aryl methyl sites for hydroxylation is 1. The second-order valence-corrected chi connectivity index (χ2v) is 9.41. The van der Waals surface area contributed by atoms with Crippen molar-refractivity contribution >= 4 is 22.4 Å². The molecule has 0 amide bonds. The summed E-state index contributed by atoms with van der Waals surface area (Å²) in [6, 6.07) is 16.8. The number of benzene rings is 2. The lowest BCUT2D eigenvalue weighted by atomic mass is 10.1. The van der Waals surface area contributed by atoms with E-state index in [1.54, 1.807) is 14.2 Å². The SMILES string of the molecule is COc1cc(OC)cc(N(CCN2CCC[C@@H]2CC#N)c2ccc3ncc(-c4ccn(C)c4)nc3c2)c1. The van der Waals surface area contributed by atoms with Crippen LogP contribution in [0.3, 0.4) is 0 Å². The molecule has 2 aromatic heterocycles. The molecule has 0 spiro atoms. The zero-order chi connectivity index (χ0) is 25.8. The molecule has 190 valence electrons. The van der Waals surface area contributed by atoms with Gasteiger partial charge < -0.3 is 18.9 Å². The Labute approximate surface area is 217 Å². The van der Waals surface area contributed by atoms with Crippen LogP contribution in [-0.4, -0.2) is 59.3 Å². The maximum atomic E-state index is 9.27. The standard InChI is InChI=1S/C29H32N6O2/c1-33-12-9-21(20-33)29-19-31-27-7-6-23(17-28(27)32-29)35(14-13-34-11-4-5-22(34)8-10-30)24-15-25(36-2)18-26(16-24)37-3/h6-7,9,12,15-20,22H,4-5,8,11,13-14H2,1-3H3/t22-/m1/s1. The quantitative estimate of drug-likeness (QED) is 0.316. The van der Waals surface area contributed by atoms with Crippen molar-refractivity contribution in [3.05, 3.63) is 61.1 Å². The third-order valence-electron chi connectivity index (χ3n) is 7.05. The topological polar surface area (TPSA) is 79.4 Å². The molecule has 8 nitrogen and oxygen atoms in total. The molecule has 37 heavy (non-hydrogen) atoms. The fourth-order valence-corrected chi connectivity index (χ4v) is 5.07. The van der Waals surface area contributed by atoms with E-state index in [1.807, 2.05) is 60.5 Å². The smallest absolute Gasteiger partial charge is 0.124 e. The summed E-state index contributed by atoms with van der Waals surface area (Å²) >= 11 is 0. The molecular weight excluding hydrogens is 464 g/mol. The molecule has 8 heteroatoms. The molecule has 0 bridgehead atoms. The zero-order valence-electron chi connectivity index (χ0n) is 21.6. The summed E-state index contributed by atoms with van der Waals surface area (Å²) in [4.78, 5) is 14.3. The normalized spacial score (nSPS) is 15.6. The third kappa shape index (κ3) is 5.37. The third-order valence-corrected chi connectivity index (χ3v) is 7.05. The largest absolute Gasteiger partial charge is 0.497 e. The summed E-state index contributed by atoms with van der Waals surface area (Å²) in [6.07, 6.45) is 8.66. The van der Waals surface area contributed by atoms with Crippen molar-refractivity contribution in [1.29, 1.82) is 5.26 Å². The van der Waals surface area contributed by atoms with E-state index in [0.29, 0.717) is 12.5 Å². The van der Waals surface area contributed by atoms with Gasteiger partial charge in [0.2, 0.25) is 0 Å². The van der Waals surface area contributed by atoms with Crippen molar-refractivity contribution in [3.8, 4) is 28.8 Å². The first-order valence-electron chi connectivity index (χ1n) is 12.6. The lowest BCUT2D eigenvalue weighted by molar-refractivity contribution is 0.263. The van der Waals surface area contributed by atoms with Gasteiger partial charge in [-0.25, -0.2) is 4.98 Å². The highest BCUT2D eigenvalue weighted by atomic mass is 16.5. The first kappa shape index (κ1) is 24.6. The predicted molar refractivity (Wildman–Crippen MR) is 145 cm³/mol. The number of anilines is 2. The van der Waals surface area contributed by atoms with Gasteiger partial charge in [0.05, 0.1) is 49.6 Å². The summed E-state index contributed by atoms with van der Waals surface area (Å²) < 4.78 is 13.1. The van der Waals surface area contributed by atoms with Crippen LogP contribution in [0.5, 0.6) is 11.5 Å². The van der Waals surface area contributed by atoms with E-state index in [-0.39, 0.29) is 0 Å². The monoisotopic (exact) mass is 496 g/mol. The Hall–Kier alpha value is -4.09. The summed E-state index contributed by atoms with van der Waals surface area (Å²) in [7, 11) is 5.32. The van der Waals surface area contributed by atoms with Crippen molar-refractivity contribution < 1.29 is 9.47 Å². The zero-order valence-corrected chi connectivity index (χ0v) is 21.6. The van der Waals surface area contributed by atoms with Crippen molar-refractivity contribution in [1.82, 2.24) is 19.4 Å². The van der Waals surface area contributed by atoms with E-state index in [9.17, 15) is 5.26 Å². The lowest BCUT2D eigenvalue weighted by Gasteiger charge is -2.30. The van der Waals surface area contributed by atoms with Crippen LogP contribution in [0.2, 0.25) is 0 Å². The van der Waals surface area contributed by atoms with E-state index in [2.05, 4.69) is 33.0 Å². The minimum absolute atomic E-state index is 0.322. The number of methoxy groups -OCH3 is 2. The highest BCUT2D eigenvalue weighted by Crippen LogP contribution is 2.34. The lowest BCUT2D eigenvalue weighted by Crippen LogP contribution is -2.36. The van der Waals surface area contributed by atoms with Gasteiger partial charge in [0.15, 0.2) is 0 Å². The van der Waals surface area contributed by atoms with Crippen LogP contribution in [0, 0.1) is 11.3 Å². The fraction of sp³-hybridized carbons (Fsp3) is 0.345. The van der Waals surface area contributed by atoms with Crippen LogP contribution >= 0.6 is 0 Å². The second-order valence-electron chi connectivity index (χ2n) is 9.41. The Kier molecular flexibility index (Phi) is 7.24. The Bertz CT molecular complexity index is 1400. The number of likely N-dealkylation sites (tertiary alicyclic amines) is 1. The number of hydrogen-bond acceptors (Lipinski definition) is 7. The predicted octanol–water partition coefficient (Wildman–Crippen LogP) is 5.17. The molecular formula is C29H32N6O2. The minimum Gasteiger partial charge on any atom is -0.497 e. The Balaban J connectivity index is 1.53. The second kappa shape index (κ2) is 10.9. The molecule has 0 unspecified atom stereocenters. The van der Waals surface area contributed by atoms with Crippen molar-refractivity contribution in [2.24, 2.45) is 7.05 Å². The van der Waals surface area contributed by atoms with Gasteiger partial charge in [0, 0.05) is 73.7 Å². The minimum atomic E-state index is 0.322. The number of hydrogen-bond donors (Lipinski definition) is 0. The maximum Gasteiger partial charge on any atom is 0.124 e. The molecule has 0 aliphatic carbocycles. The summed E-state index contributed by atoms with van der Waals surface area (Å²) in [5, 5.41) is 9.27. The molecule has 1 aliphatic rings. The van der Waals surface area contributed by atoms with Crippen LogP contribution in [0.25, 0.3) is 22.3 Å². The first-order valence-corrected chi connectivity index (χ1v) is 12.6. The molecule has 0 saturated carbocycles. The van der Waals surface area contributed by atoms with E-state index < -0.39 is 0 Å².